The van der Waals surface area contributed by atoms with Crippen molar-refractivity contribution in [2.75, 3.05) is 5.33 Å². The van der Waals surface area contributed by atoms with Gasteiger partial charge in [0.15, 0.2) is 0 Å². The largest absolute Gasteiger partial charge is 0.333 e. The van der Waals surface area contributed by atoms with Crippen LogP contribution in [0.5, 0.6) is 0 Å². The van der Waals surface area contributed by atoms with E-state index in [1.807, 2.05) is 0 Å². The second-order valence-electron chi connectivity index (χ2n) is 7.58. The average Bonchev–Trinajstić information content (AvgIpc) is 2.85. The summed E-state index contributed by atoms with van der Waals surface area (Å²) < 4.78 is 2.36. The van der Waals surface area contributed by atoms with Crippen LogP contribution in [0.15, 0.2) is 30.3 Å². The number of hydrogen-bond donors (Lipinski definition) is 0. The van der Waals surface area contributed by atoms with Gasteiger partial charge in [-0.2, -0.15) is 0 Å². The number of benzene rings is 1. The number of rotatable bonds is 5. The number of nitrogens with zero attached hydrogens (tertiary/aromatic N) is 1. The van der Waals surface area contributed by atoms with Crippen molar-refractivity contribution in [3.05, 3.63) is 36.0 Å². The summed E-state index contributed by atoms with van der Waals surface area (Å²) in [7, 11) is -1.69. The number of aromatic nitrogens is 1. The van der Waals surface area contributed by atoms with Crippen LogP contribution in [0.25, 0.3) is 10.9 Å². The summed E-state index contributed by atoms with van der Waals surface area (Å²) in [6, 6.07) is 10.8. The Morgan fingerprint density at radius 3 is 2.12 bits per heavy atom. The van der Waals surface area contributed by atoms with Crippen molar-refractivity contribution in [1.82, 2.24) is 4.57 Å². The fourth-order valence-corrected chi connectivity index (χ4v) is 9.81. The molecule has 1 aromatic heterocycles. The van der Waals surface area contributed by atoms with Gasteiger partial charge >= 0.3 is 0 Å². The van der Waals surface area contributed by atoms with Crippen molar-refractivity contribution in [2.24, 2.45) is 0 Å². The number of para-hydroxylation sites is 1. The zero-order valence-electron chi connectivity index (χ0n) is 15.9. The number of alkyl halides is 1. The van der Waals surface area contributed by atoms with Crippen LogP contribution in [-0.4, -0.2) is 18.0 Å². The van der Waals surface area contributed by atoms with E-state index in [9.17, 15) is 0 Å². The van der Waals surface area contributed by atoms with Crippen LogP contribution in [0, 0.1) is 11.5 Å². The summed E-state index contributed by atoms with van der Waals surface area (Å²) in [5, 5.41) is 2.23. The van der Waals surface area contributed by atoms with Gasteiger partial charge in [0, 0.05) is 22.8 Å². The first kappa shape index (κ1) is 19.3. The van der Waals surface area contributed by atoms with Gasteiger partial charge in [-0.05, 0) is 28.8 Å². The summed E-state index contributed by atoms with van der Waals surface area (Å²) in [4.78, 5) is 0. The number of aryl methyl sites for hydroxylation is 1. The molecular formula is C21H30BrNSi. The Kier molecular flexibility index (Phi) is 6.39. The molecule has 0 aliphatic carbocycles. The SMILES string of the molecule is CC(C)[Si](C#Cc1cc2ccccc2n1CCBr)(C(C)C)C(C)C. The standard InChI is InChI=1S/C21H30BrNSi/c1-16(2)24(17(3)4,18(5)6)14-11-20-15-19-9-7-8-10-21(19)23(20)13-12-22/h7-10,15-18H,12-13H2,1-6H3. The van der Waals surface area contributed by atoms with E-state index in [0.29, 0.717) is 16.6 Å². The Labute approximate surface area is 157 Å². The van der Waals surface area contributed by atoms with Gasteiger partial charge in [0.2, 0.25) is 0 Å². The first-order chi connectivity index (χ1) is 11.3. The van der Waals surface area contributed by atoms with Crippen molar-refractivity contribution in [3.8, 4) is 11.5 Å². The van der Waals surface area contributed by atoms with E-state index in [1.54, 1.807) is 0 Å². The molecule has 0 fully saturated rings. The van der Waals surface area contributed by atoms with Gasteiger partial charge in [-0.15, -0.1) is 5.54 Å². The first-order valence-electron chi connectivity index (χ1n) is 9.02. The third kappa shape index (κ3) is 3.50. The molecule has 0 aliphatic heterocycles. The maximum absolute atomic E-state index is 3.86. The van der Waals surface area contributed by atoms with E-state index >= 15 is 0 Å². The predicted octanol–water partition coefficient (Wildman–Crippen LogP) is 6.61. The smallest absolute Gasteiger partial charge is 0.146 e. The van der Waals surface area contributed by atoms with Crippen molar-refractivity contribution in [3.63, 3.8) is 0 Å². The average molecular weight is 404 g/mol. The molecular weight excluding hydrogens is 374 g/mol. The van der Waals surface area contributed by atoms with Gasteiger partial charge in [0.05, 0.1) is 5.69 Å². The Hall–Kier alpha value is -0.983. The van der Waals surface area contributed by atoms with Crippen LogP contribution in [0.2, 0.25) is 16.6 Å². The van der Waals surface area contributed by atoms with Gasteiger partial charge in [-0.25, -0.2) is 0 Å². The lowest BCUT2D eigenvalue weighted by molar-refractivity contribution is 0.801. The molecule has 0 aliphatic rings. The minimum Gasteiger partial charge on any atom is -0.333 e. The molecule has 0 spiro atoms. The van der Waals surface area contributed by atoms with Crippen molar-refractivity contribution >= 4 is 34.9 Å². The zero-order valence-corrected chi connectivity index (χ0v) is 18.4. The summed E-state index contributed by atoms with van der Waals surface area (Å²) in [6.07, 6.45) is 0. The molecule has 0 N–H and O–H groups in total. The lowest BCUT2D eigenvalue weighted by Crippen LogP contribution is -2.43. The van der Waals surface area contributed by atoms with Crippen LogP contribution in [0.1, 0.15) is 47.2 Å². The second kappa shape index (κ2) is 7.93. The molecule has 130 valence electrons. The topological polar surface area (TPSA) is 4.93 Å². The summed E-state index contributed by atoms with van der Waals surface area (Å²) in [6.45, 7) is 15.2. The van der Waals surface area contributed by atoms with Gasteiger partial charge in [-0.3, -0.25) is 0 Å². The zero-order chi connectivity index (χ0) is 17.9. The quantitative estimate of drug-likeness (QED) is 0.300. The second-order valence-corrected chi connectivity index (χ2v) is 13.9. The molecule has 24 heavy (non-hydrogen) atoms. The molecule has 1 aromatic carbocycles. The molecule has 0 saturated heterocycles. The molecule has 0 unspecified atom stereocenters. The van der Waals surface area contributed by atoms with E-state index in [-0.39, 0.29) is 0 Å². The Morgan fingerprint density at radius 2 is 1.58 bits per heavy atom. The molecule has 1 nitrogen and oxygen atoms in total. The number of hydrogen-bond acceptors (Lipinski definition) is 0. The van der Waals surface area contributed by atoms with Crippen LogP contribution >= 0.6 is 15.9 Å². The predicted molar refractivity (Wildman–Crippen MR) is 114 cm³/mol. The van der Waals surface area contributed by atoms with E-state index in [1.165, 1.54) is 10.9 Å². The maximum atomic E-state index is 3.86. The Bertz CT molecular complexity index is 724. The van der Waals surface area contributed by atoms with Crippen molar-refractivity contribution in [2.45, 2.75) is 64.7 Å². The van der Waals surface area contributed by atoms with Crippen LogP contribution < -0.4 is 0 Å². The lowest BCUT2D eigenvalue weighted by atomic mass is 10.2. The van der Waals surface area contributed by atoms with E-state index < -0.39 is 8.07 Å². The Balaban J connectivity index is 2.60. The first-order valence-corrected chi connectivity index (χ1v) is 12.4. The molecule has 0 saturated carbocycles. The highest BCUT2D eigenvalue weighted by Crippen LogP contribution is 2.40. The van der Waals surface area contributed by atoms with Crippen LogP contribution in [-0.2, 0) is 6.54 Å². The fourth-order valence-electron chi connectivity index (χ4n) is 4.24. The van der Waals surface area contributed by atoms with Gasteiger partial charge in [0.25, 0.3) is 0 Å². The van der Waals surface area contributed by atoms with Crippen molar-refractivity contribution in [1.29, 1.82) is 0 Å². The lowest BCUT2D eigenvalue weighted by Gasteiger charge is -2.38. The summed E-state index contributed by atoms with van der Waals surface area (Å²) in [5.74, 6) is 3.63. The van der Waals surface area contributed by atoms with E-state index in [0.717, 1.165) is 17.6 Å². The third-order valence-corrected chi connectivity index (χ3v) is 12.0. The molecule has 0 atom stereocenters. The fraction of sp³-hybridized carbons (Fsp3) is 0.524. The van der Waals surface area contributed by atoms with Gasteiger partial charge in [-0.1, -0.05) is 81.6 Å². The molecule has 0 amide bonds. The highest BCUT2D eigenvalue weighted by molar-refractivity contribution is 9.09. The number of halogens is 1. The molecule has 1 heterocycles. The summed E-state index contributed by atoms with van der Waals surface area (Å²) in [5.41, 5.74) is 8.30. The highest BCUT2D eigenvalue weighted by atomic mass is 79.9. The Morgan fingerprint density at radius 1 is 1.00 bits per heavy atom. The molecule has 3 heteroatoms. The van der Waals surface area contributed by atoms with E-state index in [4.69, 9.17) is 0 Å². The summed E-state index contributed by atoms with van der Waals surface area (Å²) >= 11 is 3.59. The van der Waals surface area contributed by atoms with Crippen LogP contribution in [0.4, 0.5) is 0 Å². The molecule has 2 rings (SSSR count). The number of fused-ring (bicyclic) bond motifs is 1. The highest BCUT2D eigenvalue weighted by Gasteiger charge is 2.41. The maximum Gasteiger partial charge on any atom is 0.146 e. The van der Waals surface area contributed by atoms with E-state index in [2.05, 4.69) is 104 Å². The molecule has 2 aromatic rings. The van der Waals surface area contributed by atoms with Gasteiger partial charge in [0.1, 0.15) is 8.07 Å². The minimum absolute atomic E-state index is 0.666. The molecule has 0 radical (unpaired) electrons. The normalized spacial score (nSPS) is 12.2. The third-order valence-electron chi connectivity index (χ3n) is 5.39. The monoisotopic (exact) mass is 403 g/mol. The van der Waals surface area contributed by atoms with Gasteiger partial charge < -0.3 is 4.57 Å². The van der Waals surface area contributed by atoms with Crippen molar-refractivity contribution < 1.29 is 0 Å². The minimum atomic E-state index is -1.69. The molecule has 0 bridgehead atoms. The van der Waals surface area contributed by atoms with Crippen LogP contribution in [0.3, 0.4) is 0 Å².